The maximum Gasteiger partial charge on any atom is 0.260 e. The third-order valence-electron chi connectivity index (χ3n) is 4.49. The van der Waals surface area contributed by atoms with E-state index in [1.165, 1.54) is 43.2 Å². The average Bonchev–Trinajstić information content (AvgIpc) is 3.11. The molecular weight excluding hydrogens is 333 g/mol. The number of benzene rings is 1. The first kappa shape index (κ1) is 15.4. The second kappa shape index (κ2) is 6.75. The number of fused-ring (bicyclic) bond motifs is 2. The summed E-state index contributed by atoms with van der Waals surface area (Å²) in [6.45, 7) is 3.35. The Bertz CT molecular complexity index is 664. The summed E-state index contributed by atoms with van der Waals surface area (Å²) < 4.78 is 27.8. The maximum atomic E-state index is 12.9. The van der Waals surface area contributed by atoms with Gasteiger partial charge in [0, 0.05) is 24.8 Å². The number of rotatable bonds is 5. The van der Waals surface area contributed by atoms with Crippen LogP contribution in [-0.2, 0) is 5.75 Å². The van der Waals surface area contributed by atoms with Gasteiger partial charge in [0.15, 0.2) is 5.03 Å². The molecule has 0 spiro atoms. The van der Waals surface area contributed by atoms with Crippen molar-refractivity contribution in [2.75, 3.05) is 19.6 Å². The van der Waals surface area contributed by atoms with Crippen molar-refractivity contribution in [1.29, 1.82) is 0 Å². The molecule has 2 aliphatic heterocycles. The predicted molar refractivity (Wildman–Crippen MR) is 89.5 cm³/mol. The molecule has 2 bridgehead atoms. The molecule has 3 atom stereocenters. The van der Waals surface area contributed by atoms with Gasteiger partial charge in [-0.3, -0.25) is 4.90 Å². The molecule has 4 rings (SSSR count). The van der Waals surface area contributed by atoms with Crippen LogP contribution in [0.25, 0.3) is 0 Å². The number of thioether (sulfide) groups is 1. The zero-order valence-electron chi connectivity index (χ0n) is 12.7. The number of aromatic nitrogens is 2. The Hall–Kier alpha value is -1.18. The van der Waals surface area contributed by atoms with E-state index in [4.69, 9.17) is 4.74 Å². The third kappa shape index (κ3) is 3.51. The molecule has 23 heavy (non-hydrogen) atoms. The number of halogens is 1. The Morgan fingerprint density at radius 2 is 2.13 bits per heavy atom. The lowest BCUT2D eigenvalue weighted by Gasteiger charge is -2.21. The molecule has 2 unspecified atom stereocenters. The summed E-state index contributed by atoms with van der Waals surface area (Å²) in [6, 6.07) is 6.58. The number of hydrogen-bond donors (Lipinski definition) is 0. The summed E-state index contributed by atoms with van der Waals surface area (Å²) in [4.78, 5) is 2.48. The lowest BCUT2D eigenvalue weighted by molar-refractivity contribution is 0.160. The number of piperidine rings is 1. The zero-order valence-corrected chi connectivity index (χ0v) is 14.3. The highest BCUT2D eigenvalue weighted by Crippen LogP contribution is 2.34. The van der Waals surface area contributed by atoms with Gasteiger partial charge in [-0.05, 0) is 37.1 Å². The molecule has 1 aromatic carbocycles. The van der Waals surface area contributed by atoms with Crippen LogP contribution in [0.2, 0.25) is 0 Å². The second-order valence-corrected chi connectivity index (χ2v) is 7.60. The lowest BCUT2D eigenvalue weighted by atomic mass is 9.99. The normalized spacial score (nSPS) is 26.4. The SMILES string of the molecule is Fc1ccc(CSc2nsnc2O[C@@H]2CN3CCCC2C3)cc1. The van der Waals surface area contributed by atoms with E-state index in [-0.39, 0.29) is 11.9 Å². The van der Waals surface area contributed by atoms with Crippen molar-refractivity contribution in [1.82, 2.24) is 13.6 Å². The van der Waals surface area contributed by atoms with Crippen LogP contribution in [-0.4, -0.2) is 39.4 Å². The van der Waals surface area contributed by atoms with Crippen molar-refractivity contribution in [3.63, 3.8) is 0 Å². The fourth-order valence-electron chi connectivity index (χ4n) is 3.31. The summed E-state index contributed by atoms with van der Waals surface area (Å²) >= 11 is 2.79. The molecule has 0 saturated carbocycles. The van der Waals surface area contributed by atoms with E-state index in [2.05, 4.69) is 13.6 Å². The van der Waals surface area contributed by atoms with Crippen LogP contribution >= 0.6 is 23.5 Å². The van der Waals surface area contributed by atoms with Crippen LogP contribution in [0.5, 0.6) is 5.88 Å². The van der Waals surface area contributed by atoms with Gasteiger partial charge in [0.1, 0.15) is 11.9 Å². The molecule has 1 aromatic heterocycles. The summed E-state index contributed by atoms with van der Waals surface area (Å²) in [5, 5.41) is 0.843. The fourth-order valence-corrected chi connectivity index (χ4v) is 4.78. The van der Waals surface area contributed by atoms with Crippen LogP contribution < -0.4 is 4.74 Å². The molecule has 122 valence electrons. The molecule has 2 saturated heterocycles. The Morgan fingerprint density at radius 1 is 1.26 bits per heavy atom. The summed E-state index contributed by atoms with van der Waals surface area (Å²) in [7, 11) is 0. The predicted octanol–water partition coefficient (Wildman–Crippen LogP) is 3.44. The van der Waals surface area contributed by atoms with Crippen molar-refractivity contribution in [3.05, 3.63) is 35.6 Å². The van der Waals surface area contributed by atoms with Crippen molar-refractivity contribution in [2.45, 2.75) is 29.7 Å². The van der Waals surface area contributed by atoms with Crippen LogP contribution in [0.4, 0.5) is 4.39 Å². The van der Waals surface area contributed by atoms with Crippen molar-refractivity contribution < 1.29 is 9.13 Å². The number of hydrogen-bond acceptors (Lipinski definition) is 6. The van der Waals surface area contributed by atoms with Gasteiger partial charge < -0.3 is 4.74 Å². The van der Waals surface area contributed by atoms with Gasteiger partial charge in [-0.2, -0.15) is 4.37 Å². The Labute approximate surface area is 143 Å². The summed E-state index contributed by atoms with van der Waals surface area (Å²) in [6.07, 6.45) is 2.76. The molecule has 0 N–H and O–H groups in total. The number of ether oxygens (including phenoxy) is 1. The Kier molecular flexibility index (Phi) is 4.50. The molecule has 3 heterocycles. The molecular formula is C16H18FN3OS2. The first-order chi connectivity index (χ1) is 11.3. The quantitative estimate of drug-likeness (QED) is 0.772. The first-order valence-electron chi connectivity index (χ1n) is 7.87. The maximum absolute atomic E-state index is 12.9. The Balaban J connectivity index is 1.39. The van der Waals surface area contributed by atoms with Gasteiger partial charge in [-0.1, -0.05) is 23.9 Å². The van der Waals surface area contributed by atoms with E-state index in [0.717, 1.165) is 29.4 Å². The van der Waals surface area contributed by atoms with Crippen LogP contribution in [0.15, 0.2) is 29.3 Å². The average molecular weight is 351 g/mol. The zero-order chi connectivity index (χ0) is 15.6. The van der Waals surface area contributed by atoms with Gasteiger partial charge in [-0.25, -0.2) is 4.39 Å². The molecule has 0 aliphatic carbocycles. The van der Waals surface area contributed by atoms with Gasteiger partial charge in [0.25, 0.3) is 5.88 Å². The van der Waals surface area contributed by atoms with Gasteiger partial charge in [0.05, 0.1) is 11.7 Å². The van der Waals surface area contributed by atoms with E-state index >= 15 is 0 Å². The molecule has 0 radical (unpaired) electrons. The van der Waals surface area contributed by atoms with Crippen LogP contribution in [0, 0.1) is 11.7 Å². The van der Waals surface area contributed by atoms with Crippen LogP contribution in [0.1, 0.15) is 18.4 Å². The van der Waals surface area contributed by atoms with Crippen molar-refractivity contribution >= 4 is 23.5 Å². The largest absolute Gasteiger partial charge is 0.470 e. The highest BCUT2D eigenvalue weighted by molar-refractivity contribution is 7.98. The Morgan fingerprint density at radius 3 is 2.96 bits per heavy atom. The molecule has 2 aromatic rings. The van der Waals surface area contributed by atoms with Gasteiger partial charge in [0.2, 0.25) is 0 Å². The highest BCUT2D eigenvalue weighted by atomic mass is 32.2. The summed E-state index contributed by atoms with van der Waals surface area (Å²) in [5.74, 6) is 1.82. The summed E-state index contributed by atoms with van der Waals surface area (Å²) in [5.41, 5.74) is 1.07. The van der Waals surface area contributed by atoms with Gasteiger partial charge >= 0.3 is 0 Å². The minimum absolute atomic E-state index is 0.208. The van der Waals surface area contributed by atoms with E-state index in [1.807, 2.05) is 0 Å². The van der Waals surface area contributed by atoms with E-state index in [1.54, 1.807) is 23.9 Å². The van der Waals surface area contributed by atoms with E-state index in [9.17, 15) is 4.39 Å². The molecule has 2 aliphatic rings. The fraction of sp³-hybridized carbons (Fsp3) is 0.500. The van der Waals surface area contributed by atoms with E-state index < -0.39 is 0 Å². The third-order valence-corrected chi connectivity index (χ3v) is 6.13. The standard InChI is InChI=1S/C16H18FN3OS2/c17-13-5-3-11(4-6-13)10-22-16-15(18-23-19-16)21-14-9-20-7-1-2-12(14)8-20/h3-6,12,14H,1-2,7-10H2/t12?,14-/m1/s1. The minimum atomic E-state index is -0.208. The molecule has 4 nitrogen and oxygen atoms in total. The molecule has 0 amide bonds. The topological polar surface area (TPSA) is 38.3 Å². The van der Waals surface area contributed by atoms with E-state index in [0.29, 0.717) is 11.8 Å². The monoisotopic (exact) mass is 351 g/mol. The second-order valence-electron chi connectivity index (χ2n) is 6.11. The number of nitrogens with zero attached hydrogens (tertiary/aromatic N) is 3. The minimum Gasteiger partial charge on any atom is -0.470 e. The first-order valence-corrected chi connectivity index (χ1v) is 9.58. The van der Waals surface area contributed by atoms with Crippen LogP contribution in [0.3, 0.4) is 0 Å². The lowest BCUT2D eigenvalue weighted by Crippen LogP contribution is -2.26. The van der Waals surface area contributed by atoms with Crippen molar-refractivity contribution in [2.24, 2.45) is 5.92 Å². The highest BCUT2D eigenvalue weighted by Gasteiger charge is 2.37. The molecule has 2 fully saturated rings. The van der Waals surface area contributed by atoms with Crippen molar-refractivity contribution in [3.8, 4) is 5.88 Å². The van der Waals surface area contributed by atoms with Gasteiger partial charge in [-0.15, -0.1) is 4.37 Å². The molecule has 7 heteroatoms. The smallest absolute Gasteiger partial charge is 0.260 e.